The fourth-order valence-electron chi connectivity index (χ4n) is 4.55. The second kappa shape index (κ2) is 14.7. The second-order valence-corrected chi connectivity index (χ2v) is 10.1. The van der Waals surface area contributed by atoms with Gasteiger partial charge >= 0.3 is 0 Å². The summed E-state index contributed by atoms with van der Waals surface area (Å²) in [7, 11) is 0. The number of carbonyl (C=O) groups is 2. The number of aromatic nitrogens is 2. The SMILES string of the molecule is O=CCCOCCOCCNC(=O)c1ccc(Nc2ncc3c(n2)-c2ccc(Cl)cc2C(c2c(F)cccc2F)=NC3)cc1. The van der Waals surface area contributed by atoms with Crippen molar-refractivity contribution in [3.8, 4) is 11.3 Å². The van der Waals surface area contributed by atoms with E-state index < -0.39 is 11.6 Å². The first kappa shape index (κ1) is 30.9. The largest absolute Gasteiger partial charge is 0.379 e. The van der Waals surface area contributed by atoms with Crippen molar-refractivity contribution in [2.24, 2.45) is 4.99 Å². The number of amides is 1. The molecule has 0 saturated heterocycles. The van der Waals surface area contributed by atoms with Crippen LogP contribution in [0.3, 0.4) is 0 Å². The number of hydrogen-bond acceptors (Lipinski definition) is 8. The molecule has 1 amide bonds. The van der Waals surface area contributed by atoms with Gasteiger partial charge in [-0.25, -0.2) is 18.7 Å². The van der Waals surface area contributed by atoms with E-state index in [1.807, 2.05) is 0 Å². The van der Waals surface area contributed by atoms with E-state index in [4.69, 9.17) is 26.1 Å². The molecule has 2 N–H and O–H groups in total. The van der Waals surface area contributed by atoms with E-state index in [-0.39, 0.29) is 29.7 Å². The Bertz CT molecular complexity index is 1660. The molecule has 9 nitrogen and oxygen atoms in total. The van der Waals surface area contributed by atoms with Crippen LogP contribution in [0.15, 0.2) is 71.9 Å². The summed E-state index contributed by atoms with van der Waals surface area (Å²) >= 11 is 6.29. The van der Waals surface area contributed by atoms with Crippen LogP contribution >= 0.6 is 11.6 Å². The molecule has 0 aliphatic carbocycles. The van der Waals surface area contributed by atoms with Crippen LogP contribution in [0.5, 0.6) is 0 Å². The van der Waals surface area contributed by atoms with Crippen LogP contribution in [0.25, 0.3) is 11.3 Å². The molecule has 12 heteroatoms. The Morgan fingerprint density at radius 3 is 2.45 bits per heavy atom. The number of carbonyl (C=O) groups excluding carboxylic acids is 2. The molecular formula is C32H28ClF2N5O4. The zero-order chi connectivity index (χ0) is 30.9. The van der Waals surface area contributed by atoms with Crippen LogP contribution in [0, 0.1) is 11.6 Å². The number of fused-ring (bicyclic) bond motifs is 3. The van der Waals surface area contributed by atoms with Crippen LogP contribution in [0.1, 0.15) is 33.5 Å². The van der Waals surface area contributed by atoms with Crippen molar-refractivity contribution in [3.63, 3.8) is 0 Å². The van der Waals surface area contributed by atoms with E-state index in [2.05, 4.69) is 20.6 Å². The number of rotatable bonds is 13. The highest BCUT2D eigenvalue weighted by Gasteiger charge is 2.25. The number of aliphatic imine (C=N–C) groups is 1. The molecule has 0 spiro atoms. The molecular weight excluding hydrogens is 592 g/mol. The summed E-state index contributed by atoms with van der Waals surface area (Å²) in [5.41, 5.74) is 3.31. The molecule has 0 unspecified atom stereocenters. The molecule has 3 aromatic carbocycles. The van der Waals surface area contributed by atoms with Gasteiger partial charge in [0.2, 0.25) is 5.95 Å². The minimum atomic E-state index is -0.728. The molecule has 1 aliphatic rings. The second-order valence-electron chi connectivity index (χ2n) is 9.66. The number of hydrogen-bond donors (Lipinski definition) is 2. The molecule has 0 saturated carbocycles. The number of nitrogens with one attached hydrogen (secondary N) is 2. The van der Waals surface area contributed by atoms with Crippen LogP contribution in [0.2, 0.25) is 5.02 Å². The van der Waals surface area contributed by atoms with Crippen LogP contribution in [-0.4, -0.2) is 60.8 Å². The number of halogens is 3. The van der Waals surface area contributed by atoms with E-state index in [0.29, 0.717) is 78.1 Å². The Balaban J connectivity index is 1.25. The maximum absolute atomic E-state index is 14.8. The average Bonchev–Trinajstić information content (AvgIpc) is 3.17. The summed E-state index contributed by atoms with van der Waals surface area (Å²) in [5.74, 6) is -1.42. The lowest BCUT2D eigenvalue weighted by molar-refractivity contribution is -0.108. The average molecular weight is 620 g/mol. The summed E-state index contributed by atoms with van der Waals surface area (Å²) in [6, 6.07) is 15.5. The Morgan fingerprint density at radius 2 is 1.70 bits per heavy atom. The topological polar surface area (TPSA) is 115 Å². The van der Waals surface area contributed by atoms with Crippen molar-refractivity contribution < 1.29 is 27.8 Å². The van der Waals surface area contributed by atoms with Gasteiger partial charge in [-0.3, -0.25) is 9.79 Å². The molecule has 0 radical (unpaired) electrons. The smallest absolute Gasteiger partial charge is 0.251 e. The first-order chi connectivity index (χ1) is 21.4. The molecule has 0 bridgehead atoms. The summed E-state index contributed by atoms with van der Waals surface area (Å²) < 4.78 is 40.2. The van der Waals surface area contributed by atoms with Crippen molar-refractivity contribution in [2.75, 3.05) is 38.3 Å². The van der Waals surface area contributed by atoms with Gasteiger partial charge in [0, 0.05) is 52.1 Å². The van der Waals surface area contributed by atoms with E-state index in [1.165, 1.54) is 18.2 Å². The molecule has 2 heterocycles. The van der Waals surface area contributed by atoms with Gasteiger partial charge in [-0.15, -0.1) is 0 Å². The van der Waals surface area contributed by atoms with Gasteiger partial charge < -0.3 is 24.9 Å². The predicted molar refractivity (Wildman–Crippen MR) is 163 cm³/mol. The van der Waals surface area contributed by atoms with Gasteiger partial charge in [-0.05, 0) is 48.5 Å². The number of anilines is 2. The Morgan fingerprint density at radius 1 is 0.955 bits per heavy atom. The van der Waals surface area contributed by atoms with Crippen molar-refractivity contribution in [2.45, 2.75) is 13.0 Å². The van der Waals surface area contributed by atoms with Crippen molar-refractivity contribution >= 4 is 41.1 Å². The Kier molecular flexibility index (Phi) is 10.3. The lowest BCUT2D eigenvalue weighted by Gasteiger charge is -2.13. The molecule has 44 heavy (non-hydrogen) atoms. The third-order valence-electron chi connectivity index (χ3n) is 6.65. The summed E-state index contributed by atoms with van der Waals surface area (Å²) in [5, 5.41) is 6.32. The number of benzene rings is 3. The highest BCUT2D eigenvalue weighted by Crippen LogP contribution is 2.34. The van der Waals surface area contributed by atoms with Gasteiger partial charge in [0.1, 0.15) is 17.9 Å². The fraction of sp³-hybridized carbons (Fsp3) is 0.219. The third-order valence-corrected chi connectivity index (χ3v) is 6.89. The van der Waals surface area contributed by atoms with E-state index in [0.717, 1.165) is 6.29 Å². The standard InChI is InChI=1S/C32H28ClF2N5O4/c33-22-7-10-24-25(17-22)30(28-26(34)3-1-4-27(28)35)37-18-21-19-38-32(40-29(21)24)39-23-8-5-20(6-9-23)31(42)36-11-14-44-16-15-43-13-2-12-41/h1,3-10,12,17,19H,2,11,13-16,18H2,(H,36,42)(H,38,39,40). The minimum Gasteiger partial charge on any atom is -0.379 e. The number of aldehydes is 1. The maximum Gasteiger partial charge on any atom is 0.251 e. The van der Waals surface area contributed by atoms with Crippen LogP contribution < -0.4 is 10.6 Å². The van der Waals surface area contributed by atoms with Gasteiger partial charge in [0.05, 0.1) is 49.9 Å². The van der Waals surface area contributed by atoms with Gasteiger partial charge in [0.15, 0.2) is 0 Å². The Hall–Kier alpha value is -4.58. The predicted octanol–water partition coefficient (Wildman–Crippen LogP) is 5.52. The zero-order valence-electron chi connectivity index (χ0n) is 23.5. The Labute approximate surface area is 257 Å². The van der Waals surface area contributed by atoms with Crippen LogP contribution in [0.4, 0.5) is 20.4 Å². The van der Waals surface area contributed by atoms with Crippen molar-refractivity contribution in [1.82, 2.24) is 15.3 Å². The monoisotopic (exact) mass is 619 g/mol. The van der Waals surface area contributed by atoms with Gasteiger partial charge in [-0.1, -0.05) is 23.7 Å². The van der Waals surface area contributed by atoms with Crippen molar-refractivity contribution in [3.05, 3.63) is 106 Å². The molecule has 4 aromatic rings. The maximum atomic E-state index is 14.8. The fourth-order valence-corrected chi connectivity index (χ4v) is 4.72. The van der Waals surface area contributed by atoms with E-state index >= 15 is 0 Å². The van der Waals surface area contributed by atoms with Gasteiger partial charge in [-0.2, -0.15) is 0 Å². The molecule has 226 valence electrons. The lowest BCUT2D eigenvalue weighted by atomic mass is 9.95. The molecule has 1 aromatic heterocycles. The van der Waals surface area contributed by atoms with E-state index in [9.17, 15) is 18.4 Å². The van der Waals surface area contributed by atoms with Crippen molar-refractivity contribution in [1.29, 1.82) is 0 Å². The summed E-state index contributed by atoms with van der Waals surface area (Å²) in [4.78, 5) is 36.4. The minimum absolute atomic E-state index is 0.106. The number of nitrogens with zero attached hydrogens (tertiary/aromatic N) is 3. The highest BCUT2D eigenvalue weighted by atomic mass is 35.5. The molecule has 1 aliphatic heterocycles. The summed E-state index contributed by atoms with van der Waals surface area (Å²) in [6.07, 6.45) is 2.77. The third kappa shape index (κ3) is 7.49. The quantitative estimate of drug-likeness (QED) is 0.150. The highest BCUT2D eigenvalue weighted by molar-refractivity contribution is 6.31. The molecule has 0 fully saturated rings. The summed E-state index contributed by atoms with van der Waals surface area (Å²) in [6.45, 7) is 1.89. The normalized spacial score (nSPS) is 12.0. The molecule has 5 rings (SSSR count). The zero-order valence-corrected chi connectivity index (χ0v) is 24.2. The first-order valence-corrected chi connectivity index (χ1v) is 14.2. The van der Waals surface area contributed by atoms with Crippen LogP contribution in [-0.2, 0) is 20.8 Å². The van der Waals surface area contributed by atoms with E-state index in [1.54, 1.807) is 48.7 Å². The van der Waals surface area contributed by atoms with Gasteiger partial charge in [0.25, 0.3) is 5.91 Å². The lowest BCUT2D eigenvalue weighted by Crippen LogP contribution is -2.27. The number of ether oxygens (including phenoxy) is 2. The molecule has 0 atom stereocenters. The first-order valence-electron chi connectivity index (χ1n) is 13.8.